The SMILES string of the molecule is COc1ccc(Br)c(CC2(O)C=CCCC2)n1. The first kappa shape index (κ1) is 12.6. The summed E-state index contributed by atoms with van der Waals surface area (Å²) in [4.78, 5) is 4.37. The van der Waals surface area contributed by atoms with Crippen molar-refractivity contribution in [2.24, 2.45) is 0 Å². The summed E-state index contributed by atoms with van der Waals surface area (Å²) in [7, 11) is 1.59. The molecule has 0 aliphatic heterocycles. The lowest BCUT2D eigenvalue weighted by molar-refractivity contribution is 0.0738. The fraction of sp³-hybridized carbons (Fsp3) is 0.462. The van der Waals surface area contributed by atoms with Crippen molar-refractivity contribution in [3.63, 3.8) is 0 Å². The minimum Gasteiger partial charge on any atom is -0.481 e. The highest BCUT2D eigenvalue weighted by Gasteiger charge is 2.27. The molecule has 1 aliphatic carbocycles. The molecule has 0 saturated heterocycles. The molecule has 1 unspecified atom stereocenters. The Morgan fingerprint density at radius 3 is 3.00 bits per heavy atom. The van der Waals surface area contributed by atoms with Gasteiger partial charge in [0.1, 0.15) is 0 Å². The first-order chi connectivity index (χ1) is 8.13. The largest absolute Gasteiger partial charge is 0.481 e. The van der Waals surface area contributed by atoms with Crippen molar-refractivity contribution >= 4 is 15.9 Å². The fourth-order valence-corrected chi connectivity index (χ4v) is 2.41. The van der Waals surface area contributed by atoms with Gasteiger partial charge in [-0.25, -0.2) is 4.98 Å². The van der Waals surface area contributed by atoms with Crippen LogP contribution in [-0.4, -0.2) is 22.8 Å². The molecule has 0 fully saturated rings. The zero-order chi connectivity index (χ0) is 12.3. The molecule has 17 heavy (non-hydrogen) atoms. The highest BCUT2D eigenvalue weighted by molar-refractivity contribution is 9.10. The van der Waals surface area contributed by atoms with Crippen molar-refractivity contribution in [3.05, 3.63) is 34.5 Å². The number of halogens is 1. The van der Waals surface area contributed by atoms with Gasteiger partial charge in [-0.15, -0.1) is 0 Å². The van der Waals surface area contributed by atoms with Crippen molar-refractivity contribution in [3.8, 4) is 5.88 Å². The van der Waals surface area contributed by atoms with E-state index in [1.807, 2.05) is 18.2 Å². The van der Waals surface area contributed by atoms with Crippen molar-refractivity contribution in [2.45, 2.75) is 31.3 Å². The molecule has 1 aromatic rings. The van der Waals surface area contributed by atoms with E-state index in [1.165, 1.54) is 0 Å². The fourth-order valence-electron chi connectivity index (χ4n) is 2.05. The molecule has 0 aromatic carbocycles. The van der Waals surface area contributed by atoms with E-state index in [2.05, 4.69) is 20.9 Å². The second kappa shape index (κ2) is 5.19. The van der Waals surface area contributed by atoms with Gasteiger partial charge < -0.3 is 9.84 Å². The summed E-state index contributed by atoms with van der Waals surface area (Å²) in [5.74, 6) is 0.576. The van der Waals surface area contributed by atoms with Gasteiger partial charge in [0.2, 0.25) is 5.88 Å². The summed E-state index contributed by atoms with van der Waals surface area (Å²) < 4.78 is 6.01. The molecular weight excluding hydrogens is 282 g/mol. The van der Waals surface area contributed by atoms with Crippen LogP contribution in [0.15, 0.2) is 28.8 Å². The van der Waals surface area contributed by atoms with Crippen LogP contribution in [-0.2, 0) is 6.42 Å². The summed E-state index contributed by atoms with van der Waals surface area (Å²) >= 11 is 3.46. The zero-order valence-electron chi connectivity index (χ0n) is 9.82. The topological polar surface area (TPSA) is 42.4 Å². The van der Waals surface area contributed by atoms with E-state index in [4.69, 9.17) is 4.74 Å². The molecule has 0 amide bonds. The van der Waals surface area contributed by atoms with Gasteiger partial charge in [-0.2, -0.15) is 0 Å². The standard InChI is InChI=1S/C13H16BrNO2/c1-17-12-6-5-10(14)11(15-12)9-13(16)7-3-2-4-8-13/h3,5-7,16H,2,4,8-9H2,1H3. The maximum Gasteiger partial charge on any atom is 0.213 e. The molecule has 92 valence electrons. The average molecular weight is 298 g/mol. The Balaban J connectivity index is 2.22. The minimum atomic E-state index is -0.764. The highest BCUT2D eigenvalue weighted by atomic mass is 79.9. The Labute approximate surface area is 110 Å². The van der Waals surface area contributed by atoms with E-state index in [-0.39, 0.29) is 0 Å². The monoisotopic (exact) mass is 297 g/mol. The number of allylic oxidation sites excluding steroid dienone is 1. The number of nitrogens with zero attached hydrogens (tertiary/aromatic N) is 1. The van der Waals surface area contributed by atoms with Gasteiger partial charge in [0.25, 0.3) is 0 Å². The number of hydrogen-bond donors (Lipinski definition) is 1. The normalized spacial score (nSPS) is 23.7. The molecule has 0 bridgehead atoms. The molecule has 1 aromatic heterocycles. The van der Waals surface area contributed by atoms with E-state index in [1.54, 1.807) is 13.2 Å². The number of aliphatic hydroxyl groups is 1. The summed E-state index contributed by atoms with van der Waals surface area (Å²) in [5.41, 5.74) is 0.0681. The van der Waals surface area contributed by atoms with Crippen molar-refractivity contribution in [2.75, 3.05) is 7.11 Å². The van der Waals surface area contributed by atoms with Crippen molar-refractivity contribution < 1.29 is 9.84 Å². The van der Waals surface area contributed by atoms with Gasteiger partial charge in [-0.05, 0) is 41.3 Å². The Morgan fingerprint density at radius 2 is 2.35 bits per heavy atom. The van der Waals surface area contributed by atoms with Crippen LogP contribution in [0, 0.1) is 0 Å². The van der Waals surface area contributed by atoms with E-state index in [9.17, 15) is 5.11 Å². The zero-order valence-corrected chi connectivity index (χ0v) is 11.4. The summed E-state index contributed by atoms with van der Waals surface area (Å²) in [5, 5.41) is 10.4. The highest BCUT2D eigenvalue weighted by Crippen LogP contribution is 2.29. The maximum atomic E-state index is 10.4. The van der Waals surface area contributed by atoms with Crippen LogP contribution < -0.4 is 4.74 Å². The molecule has 2 rings (SSSR count). The number of rotatable bonds is 3. The Hall–Kier alpha value is -0.870. The van der Waals surface area contributed by atoms with Gasteiger partial charge >= 0.3 is 0 Å². The number of methoxy groups -OCH3 is 1. The number of aromatic nitrogens is 1. The van der Waals surface area contributed by atoms with Gasteiger partial charge in [-0.3, -0.25) is 0 Å². The van der Waals surface area contributed by atoms with Gasteiger partial charge in [0.15, 0.2) is 0 Å². The number of pyridine rings is 1. The third kappa shape index (κ3) is 3.07. The van der Waals surface area contributed by atoms with Gasteiger partial charge in [0.05, 0.1) is 18.4 Å². The first-order valence-electron chi connectivity index (χ1n) is 5.72. The Morgan fingerprint density at radius 1 is 1.53 bits per heavy atom. The summed E-state index contributed by atoms with van der Waals surface area (Å²) in [6, 6.07) is 3.70. The predicted octanol–water partition coefficient (Wildman–Crippen LogP) is 2.87. The smallest absolute Gasteiger partial charge is 0.213 e. The Bertz CT molecular complexity index is 433. The molecule has 4 heteroatoms. The number of ether oxygens (including phenoxy) is 1. The molecule has 0 saturated carbocycles. The van der Waals surface area contributed by atoms with Crippen LogP contribution in [0.5, 0.6) is 5.88 Å². The predicted molar refractivity (Wildman–Crippen MR) is 70.1 cm³/mol. The Kier molecular flexibility index (Phi) is 3.84. The molecule has 3 nitrogen and oxygen atoms in total. The molecule has 1 aliphatic rings. The lowest BCUT2D eigenvalue weighted by Gasteiger charge is -2.27. The van der Waals surface area contributed by atoms with Gasteiger partial charge in [-0.1, -0.05) is 12.2 Å². The second-order valence-electron chi connectivity index (χ2n) is 4.36. The lowest BCUT2D eigenvalue weighted by Crippen LogP contribution is -2.31. The summed E-state index contributed by atoms with van der Waals surface area (Å²) in [6.07, 6.45) is 7.31. The van der Waals surface area contributed by atoms with Crippen LogP contribution in [0.4, 0.5) is 0 Å². The van der Waals surface area contributed by atoms with Crippen LogP contribution in [0.1, 0.15) is 25.0 Å². The van der Waals surface area contributed by atoms with Crippen LogP contribution >= 0.6 is 15.9 Å². The van der Waals surface area contributed by atoms with Crippen LogP contribution in [0.3, 0.4) is 0 Å². The molecular formula is C13H16BrNO2. The maximum absolute atomic E-state index is 10.4. The first-order valence-corrected chi connectivity index (χ1v) is 6.52. The van der Waals surface area contributed by atoms with Gasteiger partial charge in [0, 0.05) is 17.0 Å². The van der Waals surface area contributed by atoms with E-state index in [0.29, 0.717) is 12.3 Å². The molecule has 1 heterocycles. The van der Waals surface area contributed by atoms with Crippen molar-refractivity contribution in [1.82, 2.24) is 4.98 Å². The number of hydrogen-bond acceptors (Lipinski definition) is 3. The van der Waals surface area contributed by atoms with E-state index < -0.39 is 5.60 Å². The summed E-state index contributed by atoms with van der Waals surface area (Å²) in [6.45, 7) is 0. The van der Waals surface area contributed by atoms with E-state index >= 15 is 0 Å². The molecule has 0 radical (unpaired) electrons. The lowest BCUT2D eigenvalue weighted by atomic mass is 9.87. The molecule has 0 spiro atoms. The minimum absolute atomic E-state index is 0.515. The second-order valence-corrected chi connectivity index (χ2v) is 5.21. The van der Waals surface area contributed by atoms with Crippen molar-refractivity contribution in [1.29, 1.82) is 0 Å². The van der Waals surface area contributed by atoms with E-state index in [0.717, 1.165) is 29.4 Å². The molecule has 1 N–H and O–H groups in total. The average Bonchev–Trinajstić information content (AvgIpc) is 2.33. The molecule has 1 atom stereocenters. The quantitative estimate of drug-likeness (QED) is 0.873. The third-order valence-electron chi connectivity index (χ3n) is 2.98. The van der Waals surface area contributed by atoms with Crippen LogP contribution in [0.25, 0.3) is 0 Å². The third-order valence-corrected chi connectivity index (χ3v) is 3.71. The van der Waals surface area contributed by atoms with Crippen LogP contribution in [0.2, 0.25) is 0 Å².